The third-order valence-electron chi connectivity index (χ3n) is 2.39. The Morgan fingerprint density at radius 3 is 2.63 bits per heavy atom. The van der Waals surface area contributed by atoms with Crippen LogP contribution in [0.15, 0.2) is 58.1 Å². The van der Waals surface area contributed by atoms with Crippen molar-refractivity contribution in [1.29, 1.82) is 0 Å². The summed E-state index contributed by atoms with van der Waals surface area (Å²) in [5, 5.41) is 12.9. The van der Waals surface area contributed by atoms with Crippen molar-refractivity contribution in [3.05, 3.63) is 64.1 Å². The fourth-order valence-corrected chi connectivity index (χ4v) is 1.72. The van der Waals surface area contributed by atoms with Gasteiger partial charge in [-0.2, -0.15) is 5.10 Å². The van der Waals surface area contributed by atoms with Crippen LogP contribution in [0.5, 0.6) is 0 Å². The zero-order chi connectivity index (χ0) is 13.7. The summed E-state index contributed by atoms with van der Waals surface area (Å²) >= 11 is 3.36. The van der Waals surface area contributed by atoms with Gasteiger partial charge in [0.25, 0.3) is 0 Å². The molecule has 0 unspecified atom stereocenters. The number of aromatic carboxylic acids is 1. The van der Waals surface area contributed by atoms with Gasteiger partial charge in [-0.3, -0.25) is 5.43 Å². The molecule has 0 aliphatic rings. The molecule has 2 aromatic carbocycles. The predicted octanol–water partition coefficient (Wildman–Crippen LogP) is 3.59. The number of hydrogen-bond acceptors (Lipinski definition) is 3. The summed E-state index contributed by atoms with van der Waals surface area (Å²) < 4.78 is 1.01. The van der Waals surface area contributed by atoms with Crippen LogP contribution >= 0.6 is 15.9 Å². The highest BCUT2D eigenvalue weighted by molar-refractivity contribution is 9.10. The zero-order valence-electron chi connectivity index (χ0n) is 9.88. The highest BCUT2D eigenvalue weighted by Crippen LogP contribution is 2.11. The molecule has 0 heterocycles. The van der Waals surface area contributed by atoms with Crippen LogP contribution in [-0.4, -0.2) is 17.3 Å². The van der Waals surface area contributed by atoms with Gasteiger partial charge in [0.1, 0.15) is 0 Å². The zero-order valence-corrected chi connectivity index (χ0v) is 11.5. The molecule has 0 saturated carbocycles. The van der Waals surface area contributed by atoms with E-state index in [1.54, 1.807) is 18.3 Å². The van der Waals surface area contributed by atoms with Crippen molar-refractivity contribution in [2.45, 2.75) is 0 Å². The van der Waals surface area contributed by atoms with Crippen molar-refractivity contribution in [1.82, 2.24) is 0 Å². The lowest BCUT2D eigenvalue weighted by atomic mass is 10.2. The fraction of sp³-hybridized carbons (Fsp3) is 0. The molecule has 96 valence electrons. The number of hydrogen-bond donors (Lipinski definition) is 2. The molecule has 2 rings (SSSR count). The molecule has 0 bridgehead atoms. The third-order valence-corrected chi connectivity index (χ3v) is 2.92. The van der Waals surface area contributed by atoms with Crippen LogP contribution < -0.4 is 5.43 Å². The average molecular weight is 319 g/mol. The van der Waals surface area contributed by atoms with Crippen LogP contribution in [-0.2, 0) is 0 Å². The second kappa shape index (κ2) is 6.15. The number of benzene rings is 2. The minimum Gasteiger partial charge on any atom is -0.478 e. The molecule has 5 heteroatoms. The van der Waals surface area contributed by atoms with Gasteiger partial charge in [0.15, 0.2) is 0 Å². The number of anilines is 1. The van der Waals surface area contributed by atoms with Crippen molar-refractivity contribution < 1.29 is 9.90 Å². The normalized spacial score (nSPS) is 10.6. The maximum absolute atomic E-state index is 10.8. The topological polar surface area (TPSA) is 61.7 Å². The van der Waals surface area contributed by atoms with E-state index >= 15 is 0 Å². The fourth-order valence-electron chi connectivity index (χ4n) is 1.45. The summed E-state index contributed by atoms with van der Waals surface area (Å²) in [5.41, 5.74) is 4.60. The molecule has 0 spiro atoms. The largest absolute Gasteiger partial charge is 0.478 e. The SMILES string of the molecule is O=C(O)c1cccc(N/N=C/c2ccc(Br)cc2)c1. The summed E-state index contributed by atoms with van der Waals surface area (Å²) in [7, 11) is 0. The number of carboxylic acid groups (broad SMARTS) is 1. The van der Waals surface area contributed by atoms with E-state index in [2.05, 4.69) is 26.5 Å². The predicted molar refractivity (Wildman–Crippen MR) is 78.8 cm³/mol. The molecule has 2 aromatic rings. The molecule has 4 nitrogen and oxygen atoms in total. The smallest absolute Gasteiger partial charge is 0.335 e. The first kappa shape index (κ1) is 13.3. The monoisotopic (exact) mass is 318 g/mol. The minimum atomic E-state index is -0.958. The van der Waals surface area contributed by atoms with Gasteiger partial charge in [-0.05, 0) is 35.9 Å². The molecule has 19 heavy (non-hydrogen) atoms. The van der Waals surface area contributed by atoms with Crippen LogP contribution in [0.1, 0.15) is 15.9 Å². The summed E-state index contributed by atoms with van der Waals surface area (Å²) in [5.74, 6) is -0.958. The number of carbonyl (C=O) groups is 1. The molecule has 0 atom stereocenters. The van der Waals surface area contributed by atoms with Crippen molar-refractivity contribution >= 4 is 33.8 Å². The number of rotatable bonds is 4. The Bertz CT molecular complexity index is 609. The highest BCUT2D eigenvalue weighted by atomic mass is 79.9. The van der Waals surface area contributed by atoms with Crippen molar-refractivity contribution in [2.24, 2.45) is 5.10 Å². The van der Waals surface area contributed by atoms with Crippen LogP contribution in [0, 0.1) is 0 Å². The van der Waals surface area contributed by atoms with E-state index in [1.807, 2.05) is 24.3 Å². The van der Waals surface area contributed by atoms with Gasteiger partial charge in [0, 0.05) is 4.47 Å². The van der Waals surface area contributed by atoms with Gasteiger partial charge < -0.3 is 5.11 Å². The molecular formula is C14H11BrN2O2. The molecule has 0 radical (unpaired) electrons. The number of carboxylic acids is 1. The van der Waals surface area contributed by atoms with Crippen LogP contribution in [0.4, 0.5) is 5.69 Å². The summed E-state index contributed by atoms with van der Waals surface area (Å²) in [4.78, 5) is 10.8. The maximum Gasteiger partial charge on any atom is 0.335 e. The van der Waals surface area contributed by atoms with Crippen LogP contribution in [0.3, 0.4) is 0 Å². The van der Waals surface area contributed by atoms with Gasteiger partial charge in [-0.25, -0.2) is 4.79 Å². The summed E-state index contributed by atoms with van der Waals surface area (Å²) in [6, 6.07) is 14.2. The van der Waals surface area contributed by atoms with Gasteiger partial charge in [-0.15, -0.1) is 0 Å². The van der Waals surface area contributed by atoms with E-state index < -0.39 is 5.97 Å². The molecule has 2 N–H and O–H groups in total. The molecule has 0 saturated heterocycles. The van der Waals surface area contributed by atoms with Gasteiger partial charge in [0.2, 0.25) is 0 Å². The first-order valence-electron chi connectivity index (χ1n) is 5.53. The second-order valence-corrected chi connectivity index (χ2v) is 4.72. The number of hydrazone groups is 1. The lowest BCUT2D eigenvalue weighted by Gasteiger charge is -2.01. The van der Waals surface area contributed by atoms with E-state index in [0.717, 1.165) is 10.0 Å². The minimum absolute atomic E-state index is 0.226. The van der Waals surface area contributed by atoms with E-state index in [-0.39, 0.29) is 5.56 Å². The average Bonchev–Trinajstić information content (AvgIpc) is 2.41. The Hall–Kier alpha value is -2.14. The molecule has 0 fully saturated rings. The van der Waals surface area contributed by atoms with Crippen molar-refractivity contribution in [3.63, 3.8) is 0 Å². The maximum atomic E-state index is 10.8. The van der Waals surface area contributed by atoms with Crippen molar-refractivity contribution in [3.8, 4) is 0 Å². The third kappa shape index (κ3) is 3.93. The first-order valence-corrected chi connectivity index (χ1v) is 6.32. The lowest BCUT2D eigenvalue weighted by Crippen LogP contribution is -1.97. The number of halogens is 1. The molecule has 0 amide bonds. The van der Waals surface area contributed by atoms with Crippen LogP contribution in [0.2, 0.25) is 0 Å². The molecule has 0 aliphatic heterocycles. The first-order chi connectivity index (χ1) is 9.15. The Morgan fingerprint density at radius 2 is 1.95 bits per heavy atom. The van der Waals surface area contributed by atoms with Crippen LogP contribution in [0.25, 0.3) is 0 Å². The summed E-state index contributed by atoms with van der Waals surface area (Å²) in [6.45, 7) is 0. The summed E-state index contributed by atoms with van der Waals surface area (Å²) in [6.07, 6.45) is 1.67. The van der Waals surface area contributed by atoms with E-state index in [9.17, 15) is 4.79 Å². The van der Waals surface area contributed by atoms with Crippen molar-refractivity contribution in [2.75, 3.05) is 5.43 Å². The standard InChI is InChI=1S/C14H11BrN2O2/c15-12-6-4-10(5-7-12)9-16-17-13-3-1-2-11(8-13)14(18)19/h1-9,17H,(H,18,19)/b16-9+. The van der Waals surface area contributed by atoms with E-state index in [4.69, 9.17) is 5.11 Å². The Kier molecular flexibility index (Phi) is 4.30. The Balaban J connectivity index is 2.04. The molecule has 0 aliphatic carbocycles. The van der Waals surface area contributed by atoms with E-state index in [1.165, 1.54) is 12.1 Å². The lowest BCUT2D eigenvalue weighted by molar-refractivity contribution is 0.0697. The Labute approximate surface area is 118 Å². The van der Waals surface area contributed by atoms with Gasteiger partial charge >= 0.3 is 5.97 Å². The van der Waals surface area contributed by atoms with Gasteiger partial charge in [-0.1, -0.05) is 34.1 Å². The Morgan fingerprint density at radius 1 is 1.21 bits per heavy atom. The highest BCUT2D eigenvalue weighted by Gasteiger charge is 2.01. The molecular weight excluding hydrogens is 308 g/mol. The molecule has 0 aromatic heterocycles. The number of nitrogens with one attached hydrogen (secondary N) is 1. The van der Waals surface area contributed by atoms with E-state index in [0.29, 0.717) is 5.69 Å². The second-order valence-electron chi connectivity index (χ2n) is 3.81. The number of nitrogens with zero attached hydrogens (tertiary/aromatic N) is 1. The quantitative estimate of drug-likeness (QED) is 0.669. The van der Waals surface area contributed by atoms with Gasteiger partial charge in [0.05, 0.1) is 17.5 Å².